The minimum Gasteiger partial charge on any atom is -0.155 e. The maximum Gasteiger partial charge on any atom is 0.0160 e. The highest BCUT2D eigenvalue weighted by molar-refractivity contribution is 8.00. The molecule has 1 aliphatic carbocycles. The van der Waals surface area contributed by atoms with Gasteiger partial charge in [-0.1, -0.05) is 90.9 Å². The quantitative estimate of drug-likeness (QED) is 0.313. The van der Waals surface area contributed by atoms with Crippen LogP contribution in [0, 0.1) is 0 Å². The molecule has 1 saturated carbocycles. The zero-order valence-corrected chi connectivity index (χ0v) is 15.7. The second-order valence-electron chi connectivity index (χ2n) is 7.17. The average molecular weight is 313 g/mol. The van der Waals surface area contributed by atoms with E-state index in [9.17, 15) is 0 Å². The van der Waals surface area contributed by atoms with Crippen LogP contribution in [0.3, 0.4) is 0 Å². The molecule has 1 aliphatic rings. The molecule has 0 amide bonds. The van der Waals surface area contributed by atoms with Gasteiger partial charge in [0, 0.05) is 4.75 Å². The predicted molar refractivity (Wildman–Crippen MR) is 100 cm³/mol. The van der Waals surface area contributed by atoms with Gasteiger partial charge < -0.3 is 0 Å². The molecule has 0 spiro atoms. The highest BCUT2D eigenvalue weighted by atomic mass is 32.2. The minimum absolute atomic E-state index is 0.690. The monoisotopic (exact) mass is 312 g/mol. The van der Waals surface area contributed by atoms with E-state index in [2.05, 4.69) is 25.6 Å². The Morgan fingerprint density at radius 3 is 1.86 bits per heavy atom. The summed E-state index contributed by atoms with van der Waals surface area (Å²) < 4.78 is 0.690. The summed E-state index contributed by atoms with van der Waals surface area (Å²) in [7, 11) is 0. The Hall–Kier alpha value is 0.350. The van der Waals surface area contributed by atoms with Crippen LogP contribution in [0.2, 0.25) is 0 Å². The smallest absolute Gasteiger partial charge is 0.0160 e. The van der Waals surface area contributed by atoms with Crippen molar-refractivity contribution in [3.63, 3.8) is 0 Å². The van der Waals surface area contributed by atoms with Crippen molar-refractivity contribution in [2.24, 2.45) is 0 Å². The van der Waals surface area contributed by atoms with E-state index in [1.807, 2.05) is 0 Å². The van der Waals surface area contributed by atoms with Crippen LogP contribution in [0.4, 0.5) is 0 Å². The van der Waals surface area contributed by atoms with Crippen LogP contribution < -0.4 is 0 Å². The molecule has 1 fully saturated rings. The molecule has 0 aromatic rings. The van der Waals surface area contributed by atoms with Crippen molar-refractivity contribution < 1.29 is 0 Å². The second-order valence-corrected chi connectivity index (χ2v) is 8.73. The summed E-state index contributed by atoms with van der Waals surface area (Å²) in [6, 6.07) is 0. The Morgan fingerprint density at radius 2 is 1.24 bits per heavy atom. The van der Waals surface area contributed by atoms with E-state index < -0.39 is 0 Å². The van der Waals surface area contributed by atoms with Crippen molar-refractivity contribution in [3.05, 3.63) is 0 Å². The van der Waals surface area contributed by atoms with Crippen molar-refractivity contribution in [1.29, 1.82) is 0 Å². The SMILES string of the molecule is CCCCCCCCCCSC1(CCCC)CCCCC1. The largest absolute Gasteiger partial charge is 0.155 e. The molecule has 0 unspecified atom stereocenters. The van der Waals surface area contributed by atoms with Crippen LogP contribution in [0.25, 0.3) is 0 Å². The van der Waals surface area contributed by atoms with Gasteiger partial charge in [-0.15, -0.1) is 0 Å². The fourth-order valence-electron chi connectivity index (χ4n) is 3.69. The van der Waals surface area contributed by atoms with Gasteiger partial charge in [-0.25, -0.2) is 0 Å². The summed E-state index contributed by atoms with van der Waals surface area (Å²) in [5.41, 5.74) is 0. The second kappa shape index (κ2) is 12.9. The number of thioether (sulfide) groups is 1. The van der Waals surface area contributed by atoms with E-state index in [1.165, 1.54) is 108 Å². The summed E-state index contributed by atoms with van der Waals surface area (Å²) in [4.78, 5) is 0. The molecule has 21 heavy (non-hydrogen) atoms. The van der Waals surface area contributed by atoms with Crippen molar-refractivity contribution in [2.45, 2.75) is 121 Å². The van der Waals surface area contributed by atoms with Gasteiger partial charge in [-0.3, -0.25) is 0 Å². The van der Waals surface area contributed by atoms with Crippen LogP contribution in [0.15, 0.2) is 0 Å². The van der Waals surface area contributed by atoms with Gasteiger partial charge in [-0.05, 0) is 31.4 Å². The summed E-state index contributed by atoms with van der Waals surface area (Å²) in [5.74, 6) is 1.43. The van der Waals surface area contributed by atoms with Gasteiger partial charge in [0.05, 0.1) is 0 Å². The third kappa shape index (κ3) is 9.16. The topological polar surface area (TPSA) is 0 Å². The lowest BCUT2D eigenvalue weighted by Crippen LogP contribution is -2.28. The molecule has 0 aliphatic heterocycles. The van der Waals surface area contributed by atoms with Crippen molar-refractivity contribution in [2.75, 3.05) is 5.75 Å². The fraction of sp³-hybridized carbons (Fsp3) is 1.00. The Balaban J connectivity index is 2.04. The molecule has 0 heterocycles. The summed E-state index contributed by atoms with van der Waals surface area (Å²) >= 11 is 2.36. The van der Waals surface area contributed by atoms with E-state index >= 15 is 0 Å². The zero-order valence-electron chi connectivity index (χ0n) is 14.9. The van der Waals surface area contributed by atoms with Gasteiger partial charge in [0.2, 0.25) is 0 Å². The number of hydrogen-bond acceptors (Lipinski definition) is 1. The first-order valence-electron chi connectivity index (χ1n) is 9.97. The van der Waals surface area contributed by atoms with Gasteiger partial charge in [-0.2, -0.15) is 11.8 Å². The van der Waals surface area contributed by atoms with E-state index in [4.69, 9.17) is 0 Å². The molecule has 0 radical (unpaired) electrons. The third-order valence-electron chi connectivity index (χ3n) is 5.16. The molecule has 0 nitrogen and oxygen atoms in total. The molecule has 0 atom stereocenters. The first kappa shape index (κ1) is 19.4. The number of rotatable bonds is 13. The predicted octanol–water partition coefficient (Wildman–Crippen LogP) is 7.75. The molecule has 0 N–H and O–H groups in total. The standard InChI is InChI=1S/C20H40S/c1-3-5-7-8-9-10-11-15-19-21-20(16-6-4-2)17-13-12-14-18-20/h3-19H2,1-2H3. The molecule has 0 saturated heterocycles. The lowest BCUT2D eigenvalue weighted by molar-refractivity contribution is 0.369. The normalized spacial score (nSPS) is 18.0. The van der Waals surface area contributed by atoms with Crippen LogP contribution in [-0.2, 0) is 0 Å². The molecule has 0 bridgehead atoms. The van der Waals surface area contributed by atoms with E-state index in [0.29, 0.717) is 4.75 Å². The van der Waals surface area contributed by atoms with Gasteiger partial charge >= 0.3 is 0 Å². The Labute approximate surface area is 139 Å². The molecule has 0 aromatic heterocycles. The number of unbranched alkanes of at least 4 members (excludes halogenated alkanes) is 8. The lowest BCUT2D eigenvalue weighted by atomic mass is 9.85. The van der Waals surface area contributed by atoms with Crippen molar-refractivity contribution in [1.82, 2.24) is 0 Å². The van der Waals surface area contributed by atoms with Crippen LogP contribution >= 0.6 is 11.8 Å². The first-order valence-corrected chi connectivity index (χ1v) is 11.0. The highest BCUT2D eigenvalue weighted by Crippen LogP contribution is 2.44. The number of hydrogen-bond donors (Lipinski definition) is 0. The molecule has 126 valence electrons. The van der Waals surface area contributed by atoms with Gasteiger partial charge in [0.1, 0.15) is 0 Å². The molecular weight excluding hydrogens is 272 g/mol. The molecule has 1 heteroatoms. The lowest BCUT2D eigenvalue weighted by Gasteiger charge is -2.37. The van der Waals surface area contributed by atoms with E-state index in [0.717, 1.165) is 0 Å². The van der Waals surface area contributed by atoms with E-state index in [-0.39, 0.29) is 0 Å². The molecular formula is C20H40S. The average Bonchev–Trinajstić information content (AvgIpc) is 2.52. The Morgan fingerprint density at radius 1 is 0.667 bits per heavy atom. The van der Waals surface area contributed by atoms with Crippen molar-refractivity contribution >= 4 is 11.8 Å². The van der Waals surface area contributed by atoms with E-state index in [1.54, 1.807) is 0 Å². The highest BCUT2D eigenvalue weighted by Gasteiger charge is 2.31. The molecule has 1 rings (SSSR count). The maximum absolute atomic E-state index is 2.36. The minimum atomic E-state index is 0.690. The first-order chi connectivity index (χ1) is 10.3. The summed E-state index contributed by atoms with van der Waals surface area (Å²) in [6.07, 6.45) is 23.5. The summed E-state index contributed by atoms with van der Waals surface area (Å²) in [6.45, 7) is 4.65. The summed E-state index contributed by atoms with van der Waals surface area (Å²) in [5, 5.41) is 0. The van der Waals surface area contributed by atoms with Crippen LogP contribution in [0.5, 0.6) is 0 Å². The van der Waals surface area contributed by atoms with Gasteiger partial charge in [0.25, 0.3) is 0 Å². The van der Waals surface area contributed by atoms with Crippen molar-refractivity contribution in [3.8, 4) is 0 Å². The van der Waals surface area contributed by atoms with Gasteiger partial charge in [0.15, 0.2) is 0 Å². The third-order valence-corrected chi connectivity index (χ3v) is 6.87. The Kier molecular flexibility index (Phi) is 11.9. The zero-order chi connectivity index (χ0) is 15.2. The Bertz CT molecular complexity index is 218. The van der Waals surface area contributed by atoms with Crippen LogP contribution in [0.1, 0.15) is 117 Å². The fourth-order valence-corrected chi connectivity index (χ4v) is 5.33. The molecule has 0 aromatic carbocycles. The maximum atomic E-state index is 2.36. The van der Waals surface area contributed by atoms with Crippen LogP contribution in [-0.4, -0.2) is 10.5 Å².